The van der Waals surface area contributed by atoms with E-state index < -0.39 is 0 Å². The van der Waals surface area contributed by atoms with Crippen LogP contribution >= 0.6 is 0 Å². The van der Waals surface area contributed by atoms with Crippen LogP contribution in [0.2, 0.25) is 0 Å². The van der Waals surface area contributed by atoms with Crippen LogP contribution in [0.25, 0.3) is 0 Å². The van der Waals surface area contributed by atoms with E-state index in [4.69, 9.17) is 10.5 Å². The maximum atomic E-state index is 12.2. The number of ether oxygens (including phenoxy) is 1. The summed E-state index contributed by atoms with van der Waals surface area (Å²) in [5.41, 5.74) is 6.29. The minimum atomic E-state index is 0.0351. The Hall–Kier alpha value is -1.71. The Bertz CT molecular complexity index is 401. The number of nitrogens with two attached hydrogens (primary N) is 1. The van der Waals surface area contributed by atoms with Crippen LogP contribution in [-0.2, 0) is 4.79 Å². The summed E-state index contributed by atoms with van der Waals surface area (Å²) < 4.78 is 5.51. The summed E-state index contributed by atoms with van der Waals surface area (Å²) in [5.74, 6) is 0.706. The zero-order chi connectivity index (χ0) is 15.0. The number of benzene rings is 1. The number of hydrogen-bond donors (Lipinski definition) is 1. The van der Waals surface area contributed by atoms with E-state index in [0.29, 0.717) is 11.4 Å². The molecule has 2 N–H and O–H groups in total. The molecular weight excluding hydrogens is 252 g/mol. The summed E-state index contributed by atoms with van der Waals surface area (Å²) in [6.07, 6.45) is 3.35. The second-order valence-corrected chi connectivity index (χ2v) is 5.25. The smallest absolute Gasteiger partial charge is 0.260 e. The molecule has 0 fully saturated rings. The molecule has 0 aliphatic rings. The zero-order valence-corrected chi connectivity index (χ0v) is 12.8. The molecule has 1 rings (SSSR count). The van der Waals surface area contributed by atoms with Crippen molar-refractivity contribution in [1.29, 1.82) is 0 Å². The molecule has 0 aromatic heterocycles. The number of rotatable bonds is 8. The molecule has 0 heterocycles. The quantitative estimate of drug-likeness (QED) is 0.587. The Balaban J connectivity index is 2.47. The number of nitrogen functional groups attached to an aromatic ring is 1. The molecule has 0 saturated carbocycles. The molecule has 20 heavy (non-hydrogen) atoms. The average molecular weight is 278 g/mol. The number of unbranched alkanes of at least 4 members (excludes halogenated alkanes) is 2. The number of hydrogen-bond acceptors (Lipinski definition) is 3. The molecule has 0 aliphatic carbocycles. The van der Waals surface area contributed by atoms with Crippen LogP contribution in [-0.4, -0.2) is 30.0 Å². The summed E-state index contributed by atoms with van der Waals surface area (Å²) in [7, 11) is 0. The molecular formula is C16H26N2O2. The minimum absolute atomic E-state index is 0.0351. The average Bonchev–Trinajstić information content (AvgIpc) is 2.42. The second kappa shape index (κ2) is 8.46. The lowest BCUT2D eigenvalue weighted by Crippen LogP contribution is -2.40. The topological polar surface area (TPSA) is 55.6 Å². The molecule has 4 heteroatoms. The monoisotopic (exact) mass is 278 g/mol. The fourth-order valence-electron chi connectivity index (χ4n) is 2.00. The van der Waals surface area contributed by atoms with Crippen molar-refractivity contribution in [2.45, 2.75) is 46.1 Å². The fourth-order valence-corrected chi connectivity index (χ4v) is 2.00. The van der Waals surface area contributed by atoms with E-state index in [9.17, 15) is 4.79 Å². The maximum absolute atomic E-state index is 12.2. The van der Waals surface area contributed by atoms with Crippen molar-refractivity contribution >= 4 is 11.6 Å². The summed E-state index contributed by atoms with van der Waals surface area (Å²) in [5, 5.41) is 0. The van der Waals surface area contributed by atoms with E-state index >= 15 is 0 Å². The predicted molar refractivity (Wildman–Crippen MR) is 82.7 cm³/mol. The summed E-state index contributed by atoms with van der Waals surface area (Å²) in [6.45, 7) is 7.11. The molecule has 1 aromatic rings. The Morgan fingerprint density at radius 2 is 1.90 bits per heavy atom. The normalized spacial score (nSPS) is 10.6. The van der Waals surface area contributed by atoms with Crippen LogP contribution in [0.4, 0.5) is 5.69 Å². The van der Waals surface area contributed by atoms with Crippen molar-refractivity contribution in [3.63, 3.8) is 0 Å². The molecule has 0 radical (unpaired) electrons. The van der Waals surface area contributed by atoms with E-state index in [2.05, 4.69) is 6.92 Å². The van der Waals surface area contributed by atoms with Crippen molar-refractivity contribution in [2.24, 2.45) is 0 Å². The fraction of sp³-hybridized carbons (Fsp3) is 0.562. The van der Waals surface area contributed by atoms with Crippen molar-refractivity contribution in [3.05, 3.63) is 24.3 Å². The van der Waals surface area contributed by atoms with Gasteiger partial charge in [-0.15, -0.1) is 0 Å². The van der Waals surface area contributed by atoms with Crippen LogP contribution in [0.15, 0.2) is 24.3 Å². The number of nitrogens with zero attached hydrogens (tertiary/aromatic N) is 1. The Labute approximate surface area is 121 Å². The SMILES string of the molecule is CCCCCN(C(=O)COc1ccc(N)cc1)C(C)C. The number of carbonyl (C=O) groups is 1. The summed E-state index contributed by atoms with van der Waals surface area (Å²) >= 11 is 0. The first kappa shape index (κ1) is 16.3. The molecule has 0 aliphatic heterocycles. The molecule has 0 spiro atoms. The predicted octanol–water partition coefficient (Wildman–Crippen LogP) is 3.07. The first-order chi connectivity index (χ1) is 9.54. The van der Waals surface area contributed by atoms with Crippen molar-refractivity contribution in [2.75, 3.05) is 18.9 Å². The van der Waals surface area contributed by atoms with Gasteiger partial charge in [-0.1, -0.05) is 19.8 Å². The van der Waals surface area contributed by atoms with Crippen LogP contribution < -0.4 is 10.5 Å². The van der Waals surface area contributed by atoms with E-state index in [0.717, 1.165) is 25.8 Å². The van der Waals surface area contributed by atoms with Crippen LogP contribution in [0.1, 0.15) is 40.0 Å². The van der Waals surface area contributed by atoms with Crippen molar-refractivity contribution in [1.82, 2.24) is 4.90 Å². The Morgan fingerprint density at radius 3 is 2.45 bits per heavy atom. The first-order valence-corrected chi connectivity index (χ1v) is 7.32. The Morgan fingerprint density at radius 1 is 1.25 bits per heavy atom. The molecule has 4 nitrogen and oxygen atoms in total. The molecule has 0 atom stereocenters. The molecule has 0 bridgehead atoms. The number of anilines is 1. The van der Waals surface area contributed by atoms with Gasteiger partial charge < -0.3 is 15.4 Å². The van der Waals surface area contributed by atoms with E-state index in [1.54, 1.807) is 24.3 Å². The van der Waals surface area contributed by atoms with Gasteiger partial charge >= 0.3 is 0 Å². The lowest BCUT2D eigenvalue weighted by atomic mass is 10.2. The van der Waals surface area contributed by atoms with Gasteiger partial charge in [0.1, 0.15) is 5.75 Å². The molecule has 1 amide bonds. The minimum Gasteiger partial charge on any atom is -0.484 e. The van der Waals surface area contributed by atoms with Gasteiger partial charge in [-0.3, -0.25) is 4.79 Å². The maximum Gasteiger partial charge on any atom is 0.260 e. The highest BCUT2D eigenvalue weighted by atomic mass is 16.5. The van der Waals surface area contributed by atoms with Gasteiger partial charge in [0.15, 0.2) is 6.61 Å². The highest BCUT2D eigenvalue weighted by molar-refractivity contribution is 5.78. The number of amides is 1. The Kier molecular flexibility index (Phi) is 6.91. The van der Waals surface area contributed by atoms with Crippen molar-refractivity contribution in [3.8, 4) is 5.75 Å². The molecule has 0 saturated heterocycles. The molecule has 1 aromatic carbocycles. The van der Waals surface area contributed by atoms with Gasteiger partial charge in [0.2, 0.25) is 0 Å². The van der Waals surface area contributed by atoms with Gasteiger partial charge in [0.25, 0.3) is 5.91 Å². The van der Waals surface area contributed by atoms with Crippen molar-refractivity contribution < 1.29 is 9.53 Å². The number of carbonyl (C=O) groups excluding carboxylic acids is 1. The van der Waals surface area contributed by atoms with Crippen LogP contribution in [0.5, 0.6) is 5.75 Å². The summed E-state index contributed by atoms with van der Waals surface area (Å²) in [6, 6.07) is 7.29. The third-order valence-electron chi connectivity index (χ3n) is 3.19. The highest BCUT2D eigenvalue weighted by Crippen LogP contribution is 2.13. The van der Waals surface area contributed by atoms with Crippen LogP contribution in [0, 0.1) is 0 Å². The van der Waals surface area contributed by atoms with E-state index in [1.165, 1.54) is 0 Å². The second-order valence-electron chi connectivity index (χ2n) is 5.25. The van der Waals surface area contributed by atoms with Gasteiger partial charge in [-0.05, 0) is 44.5 Å². The zero-order valence-electron chi connectivity index (χ0n) is 12.8. The first-order valence-electron chi connectivity index (χ1n) is 7.32. The van der Waals surface area contributed by atoms with E-state index in [-0.39, 0.29) is 18.6 Å². The van der Waals surface area contributed by atoms with Gasteiger partial charge in [0.05, 0.1) is 0 Å². The lowest BCUT2D eigenvalue weighted by molar-refractivity contribution is -0.135. The summed E-state index contributed by atoms with van der Waals surface area (Å²) in [4.78, 5) is 14.1. The standard InChI is InChI=1S/C16H26N2O2/c1-4-5-6-11-18(13(2)3)16(19)12-20-15-9-7-14(17)8-10-15/h7-10,13H,4-6,11-12,17H2,1-3H3. The van der Waals surface area contributed by atoms with E-state index in [1.807, 2.05) is 18.7 Å². The lowest BCUT2D eigenvalue weighted by Gasteiger charge is -2.26. The van der Waals surface area contributed by atoms with Gasteiger partial charge in [-0.2, -0.15) is 0 Å². The highest BCUT2D eigenvalue weighted by Gasteiger charge is 2.16. The molecule has 112 valence electrons. The third-order valence-corrected chi connectivity index (χ3v) is 3.19. The van der Waals surface area contributed by atoms with Crippen LogP contribution in [0.3, 0.4) is 0 Å². The third kappa shape index (κ3) is 5.51. The largest absolute Gasteiger partial charge is 0.484 e. The molecule has 0 unspecified atom stereocenters. The van der Waals surface area contributed by atoms with Gasteiger partial charge in [-0.25, -0.2) is 0 Å². The van der Waals surface area contributed by atoms with Gasteiger partial charge in [0, 0.05) is 18.3 Å².